The van der Waals surface area contributed by atoms with Gasteiger partial charge in [0.1, 0.15) is 0 Å². The van der Waals surface area contributed by atoms with Crippen LogP contribution < -0.4 is 10.6 Å². The number of amides is 2. The first-order chi connectivity index (χ1) is 11.5. The molecule has 1 saturated carbocycles. The molecule has 24 heavy (non-hydrogen) atoms. The molecule has 0 heterocycles. The van der Waals surface area contributed by atoms with E-state index in [0.717, 1.165) is 21.3 Å². The van der Waals surface area contributed by atoms with Crippen LogP contribution in [0, 0.1) is 18.8 Å². The molecular weight excluding hydrogens is 368 g/mol. The van der Waals surface area contributed by atoms with E-state index in [4.69, 9.17) is 0 Å². The maximum absolute atomic E-state index is 12.2. The van der Waals surface area contributed by atoms with E-state index in [1.165, 1.54) is 0 Å². The van der Waals surface area contributed by atoms with Gasteiger partial charge in [-0.25, -0.2) is 0 Å². The molecule has 2 N–H and O–H groups in total. The van der Waals surface area contributed by atoms with E-state index in [-0.39, 0.29) is 23.7 Å². The number of aryl methyl sites for hydroxylation is 1. The minimum absolute atomic E-state index is 0.0485. The van der Waals surface area contributed by atoms with Crippen molar-refractivity contribution in [2.45, 2.75) is 19.9 Å². The van der Waals surface area contributed by atoms with Crippen molar-refractivity contribution in [3.63, 3.8) is 0 Å². The lowest BCUT2D eigenvalue weighted by Crippen LogP contribution is -2.27. The Morgan fingerprint density at radius 2 is 1.83 bits per heavy atom. The molecule has 0 aliphatic heterocycles. The minimum atomic E-state index is -0.235. The molecule has 4 nitrogen and oxygen atoms in total. The summed E-state index contributed by atoms with van der Waals surface area (Å²) in [6.45, 7) is 2.52. The van der Waals surface area contributed by atoms with Crippen molar-refractivity contribution in [2.75, 3.05) is 5.32 Å². The molecule has 2 unspecified atom stereocenters. The summed E-state index contributed by atoms with van der Waals surface area (Å²) in [5, 5.41) is 5.80. The van der Waals surface area contributed by atoms with Crippen LogP contribution in [-0.2, 0) is 16.1 Å². The molecular formula is C19H19BrN2O2. The molecule has 0 spiro atoms. The van der Waals surface area contributed by atoms with Gasteiger partial charge in [-0.15, -0.1) is 0 Å². The molecule has 124 valence electrons. The molecule has 2 aromatic carbocycles. The van der Waals surface area contributed by atoms with E-state index < -0.39 is 0 Å². The minimum Gasteiger partial charge on any atom is -0.352 e. The van der Waals surface area contributed by atoms with Crippen molar-refractivity contribution in [3.8, 4) is 0 Å². The van der Waals surface area contributed by atoms with Gasteiger partial charge < -0.3 is 10.6 Å². The number of halogens is 1. The van der Waals surface area contributed by atoms with Gasteiger partial charge in [0.2, 0.25) is 11.8 Å². The number of carbonyl (C=O) groups excluding carboxylic acids is 2. The molecule has 0 radical (unpaired) electrons. The molecule has 2 aromatic rings. The van der Waals surface area contributed by atoms with Crippen LogP contribution in [0.25, 0.3) is 0 Å². The van der Waals surface area contributed by atoms with Crippen LogP contribution in [0.3, 0.4) is 0 Å². The zero-order valence-electron chi connectivity index (χ0n) is 13.4. The number of anilines is 1. The van der Waals surface area contributed by atoms with Gasteiger partial charge in [0.15, 0.2) is 0 Å². The predicted molar refractivity (Wildman–Crippen MR) is 97.4 cm³/mol. The van der Waals surface area contributed by atoms with Crippen molar-refractivity contribution in [3.05, 3.63) is 64.1 Å². The Balaban J connectivity index is 1.50. The van der Waals surface area contributed by atoms with Crippen LogP contribution in [0.15, 0.2) is 53.0 Å². The third kappa shape index (κ3) is 4.03. The Labute approximate surface area is 149 Å². The lowest BCUT2D eigenvalue weighted by Gasteiger charge is -2.08. The zero-order chi connectivity index (χ0) is 17.1. The molecule has 0 aromatic heterocycles. The summed E-state index contributed by atoms with van der Waals surface area (Å²) in [7, 11) is 0. The van der Waals surface area contributed by atoms with Gasteiger partial charge in [-0.1, -0.05) is 46.3 Å². The molecule has 1 aliphatic carbocycles. The molecule has 1 aliphatic rings. The standard InChI is InChI=1S/C19H19BrN2O2/c1-12-5-2-3-6-13(12)11-21-18(23)16-10-17(16)19(24)22-15-8-4-7-14(20)9-15/h2-9,16-17H,10-11H2,1H3,(H,21,23)(H,22,24). The van der Waals surface area contributed by atoms with Gasteiger partial charge in [0, 0.05) is 16.7 Å². The molecule has 0 saturated heterocycles. The van der Waals surface area contributed by atoms with Crippen LogP contribution in [0.4, 0.5) is 5.69 Å². The van der Waals surface area contributed by atoms with E-state index in [9.17, 15) is 9.59 Å². The maximum Gasteiger partial charge on any atom is 0.228 e. The molecule has 5 heteroatoms. The van der Waals surface area contributed by atoms with Crippen molar-refractivity contribution in [1.82, 2.24) is 5.32 Å². The summed E-state index contributed by atoms with van der Waals surface area (Å²) in [6.07, 6.45) is 0.611. The summed E-state index contributed by atoms with van der Waals surface area (Å²) < 4.78 is 0.906. The van der Waals surface area contributed by atoms with Crippen LogP contribution in [0.5, 0.6) is 0 Å². The van der Waals surface area contributed by atoms with Crippen molar-refractivity contribution in [1.29, 1.82) is 0 Å². The molecule has 3 rings (SSSR count). The van der Waals surface area contributed by atoms with Crippen molar-refractivity contribution in [2.24, 2.45) is 11.8 Å². The molecule has 1 fully saturated rings. The van der Waals surface area contributed by atoms with Gasteiger partial charge in [-0.05, 0) is 42.7 Å². The summed E-state index contributed by atoms with van der Waals surface area (Å²) in [5.74, 6) is -0.598. The quantitative estimate of drug-likeness (QED) is 0.823. The number of hydrogen-bond acceptors (Lipinski definition) is 2. The fraction of sp³-hybridized carbons (Fsp3) is 0.263. The Kier molecular flexibility index (Phi) is 5.00. The second kappa shape index (κ2) is 7.18. The number of carbonyl (C=O) groups is 2. The van der Waals surface area contributed by atoms with Gasteiger partial charge in [-0.2, -0.15) is 0 Å². The largest absolute Gasteiger partial charge is 0.352 e. The number of rotatable bonds is 5. The van der Waals surface area contributed by atoms with E-state index >= 15 is 0 Å². The normalized spacial score (nSPS) is 18.8. The van der Waals surface area contributed by atoms with E-state index in [1.807, 2.05) is 55.5 Å². The summed E-state index contributed by atoms with van der Waals surface area (Å²) in [6, 6.07) is 15.4. The van der Waals surface area contributed by atoms with E-state index in [0.29, 0.717) is 13.0 Å². The first-order valence-corrected chi connectivity index (χ1v) is 8.72. The van der Waals surface area contributed by atoms with E-state index in [1.54, 1.807) is 0 Å². The van der Waals surface area contributed by atoms with Crippen LogP contribution in [0.2, 0.25) is 0 Å². The smallest absolute Gasteiger partial charge is 0.228 e. The van der Waals surface area contributed by atoms with Gasteiger partial charge in [0.05, 0.1) is 11.8 Å². The molecule has 2 amide bonds. The number of nitrogens with one attached hydrogen (secondary N) is 2. The van der Waals surface area contributed by atoms with Crippen LogP contribution in [0.1, 0.15) is 17.5 Å². The first-order valence-electron chi connectivity index (χ1n) is 7.93. The fourth-order valence-electron chi connectivity index (χ4n) is 2.70. The van der Waals surface area contributed by atoms with Crippen molar-refractivity contribution >= 4 is 33.4 Å². The Morgan fingerprint density at radius 1 is 1.08 bits per heavy atom. The maximum atomic E-state index is 12.2. The van der Waals surface area contributed by atoms with Crippen LogP contribution in [-0.4, -0.2) is 11.8 Å². The topological polar surface area (TPSA) is 58.2 Å². The Hall–Kier alpha value is -2.14. The Bertz CT molecular complexity index is 775. The number of benzene rings is 2. The lowest BCUT2D eigenvalue weighted by molar-refractivity contribution is -0.125. The predicted octanol–water partition coefficient (Wildman–Crippen LogP) is 3.65. The fourth-order valence-corrected chi connectivity index (χ4v) is 3.10. The third-order valence-electron chi connectivity index (χ3n) is 4.27. The summed E-state index contributed by atoms with van der Waals surface area (Å²) in [4.78, 5) is 24.4. The third-order valence-corrected chi connectivity index (χ3v) is 4.76. The van der Waals surface area contributed by atoms with Gasteiger partial charge >= 0.3 is 0 Å². The monoisotopic (exact) mass is 386 g/mol. The highest BCUT2D eigenvalue weighted by molar-refractivity contribution is 9.10. The highest BCUT2D eigenvalue weighted by Gasteiger charge is 2.47. The Morgan fingerprint density at radius 3 is 2.58 bits per heavy atom. The average molecular weight is 387 g/mol. The van der Waals surface area contributed by atoms with Gasteiger partial charge in [-0.3, -0.25) is 9.59 Å². The van der Waals surface area contributed by atoms with Crippen LogP contribution >= 0.6 is 15.9 Å². The van der Waals surface area contributed by atoms with E-state index in [2.05, 4.69) is 26.6 Å². The second-order valence-corrected chi connectivity index (χ2v) is 7.01. The zero-order valence-corrected chi connectivity index (χ0v) is 15.0. The molecule has 0 bridgehead atoms. The average Bonchev–Trinajstić information content (AvgIpc) is 3.35. The highest BCUT2D eigenvalue weighted by atomic mass is 79.9. The first kappa shape index (κ1) is 16.7. The summed E-state index contributed by atoms with van der Waals surface area (Å²) >= 11 is 3.37. The molecule has 2 atom stereocenters. The second-order valence-electron chi connectivity index (χ2n) is 6.09. The van der Waals surface area contributed by atoms with Gasteiger partial charge in [0.25, 0.3) is 0 Å². The number of hydrogen-bond donors (Lipinski definition) is 2. The van der Waals surface area contributed by atoms with Crippen molar-refractivity contribution < 1.29 is 9.59 Å². The summed E-state index contributed by atoms with van der Waals surface area (Å²) in [5.41, 5.74) is 2.99. The lowest BCUT2D eigenvalue weighted by atomic mass is 10.1. The SMILES string of the molecule is Cc1ccccc1CNC(=O)C1CC1C(=O)Nc1cccc(Br)c1. The highest BCUT2D eigenvalue weighted by Crippen LogP contribution is 2.39.